The highest BCUT2D eigenvalue weighted by atomic mass is 15.1. The molecule has 100 valence electrons. The monoisotopic (exact) mass is 265 g/mol. The van der Waals surface area contributed by atoms with E-state index in [9.17, 15) is 0 Å². The molecule has 0 saturated heterocycles. The molecule has 0 bridgehead atoms. The maximum Gasteiger partial charge on any atom is 0.163 e. The van der Waals surface area contributed by atoms with Crippen LogP contribution in [0.2, 0.25) is 0 Å². The lowest BCUT2D eigenvalue weighted by Gasteiger charge is -2.08. The van der Waals surface area contributed by atoms with E-state index < -0.39 is 0 Å². The Labute approximate surface area is 117 Å². The van der Waals surface area contributed by atoms with E-state index in [0.29, 0.717) is 11.6 Å². The average molecular weight is 265 g/mol. The van der Waals surface area contributed by atoms with Crippen LogP contribution in [0.5, 0.6) is 0 Å². The van der Waals surface area contributed by atoms with E-state index in [4.69, 9.17) is 5.73 Å². The number of aromatic nitrogens is 4. The van der Waals surface area contributed by atoms with Crippen molar-refractivity contribution in [2.45, 2.75) is 13.8 Å². The van der Waals surface area contributed by atoms with Gasteiger partial charge in [-0.05, 0) is 13.8 Å². The second kappa shape index (κ2) is 4.77. The van der Waals surface area contributed by atoms with E-state index in [-0.39, 0.29) is 0 Å². The van der Waals surface area contributed by atoms with Crippen molar-refractivity contribution >= 4 is 5.82 Å². The van der Waals surface area contributed by atoms with Gasteiger partial charge in [0, 0.05) is 17.3 Å². The van der Waals surface area contributed by atoms with Gasteiger partial charge in [-0.15, -0.1) is 0 Å². The third kappa shape index (κ3) is 2.14. The van der Waals surface area contributed by atoms with Crippen LogP contribution < -0.4 is 5.73 Å². The zero-order valence-electron chi connectivity index (χ0n) is 11.4. The van der Waals surface area contributed by atoms with Gasteiger partial charge in [0.15, 0.2) is 5.82 Å². The van der Waals surface area contributed by atoms with Crippen molar-refractivity contribution in [1.29, 1.82) is 0 Å². The molecular weight excluding hydrogens is 250 g/mol. The van der Waals surface area contributed by atoms with Gasteiger partial charge >= 0.3 is 0 Å². The predicted octanol–water partition coefficient (Wildman–Crippen LogP) is 2.53. The first-order valence-corrected chi connectivity index (χ1v) is 6.36. The van der Waals surface area contributed by atoms with Crippen LogP contribution in [-0.2, 0) is 0 Å². The number of hydrogen-bond donors (Lipinski definition) is 1. The molecule has 3 aromatic rings. The highest BCUT2D eigenvalue weighted by Crippen LogP contribution is 2.19. The van der Waals surface area contributed by atoms with Crippen molar-refractivity contribution in [3.8, 4) is 17.2 Å². The molecule has 0 aliphatic heterocycles. The van der Waals surface area contributed by atoms with Crippen molar-refractivity contribution in [1.82, 2.24) is 19.5 Å². The molecule has 0 spiro atoms. The Balaban J connectivity index is 2.15. The third-order valence-electron chi connectivity index (χ3n) is 3.26. The molecule has 0 radical (unpaired) electrons. The Morgan fingerprint density at radius 2 is 1.80 bits per heavy atom. The molecule has 1 aromatic carbocycles. The first kappa shape index (κ1) is 12.3. The molecule has 0 amide bonds. The summed E-state index contributed by atoms with van der Waals surface area (Å²) in [6.07, 6.45) is 1.75. The largest absolute Gasteiger partial charge is 0.384 e. The van der Waals surface area contributed by atoms with Crippen LogP contribution in [0, 0.1) is 13.8 Å². The Bertz CT molecular complexity index is 746. The topological polar surface area (TPSA) is 69.6 Å². The molecule has 3 rings (SSSR count). The predicted molar refractivity (Wildman–Crippen MR) is 78.5 cm³/mol. The molecule has 0 atom stereocenters. The maximum atomic E-state index is 5.91. The second-order valence-electron chi connectivity index (χ2n) is 4.63. The lowest BCUT2D eigenvalue weighted by atomic mass is 10.2. The van der Waals surface area contributed by atoms with E-state index in [0.717, 1.165) is 22.8 Å². The minimum Gasteiger partial charge on any atom is -0.384 e. The van der Waals surface area contributed by atoms with Gasteiger partial charge in [-0.3, -0.25) is 4.57 Å². The lowest BCUT2D eigenvalue weighted by Crippen LogP contribution is -2.04. The fourth-order valence-corrected chi connectivity index (χ4v) is 2.02. The van der Waals surface area contributed by atoms with E-state index in [2.05, 4.69) is 15.0 Å². The van der Waals surface area contributed by atoms with Crippen molar-refractivity contribution < 1.29 is 0 Å². The van der Waals surface area contributed by atoms with Gasteiger partial charge in [0.05, 0.1) is 5.69 Å². The highest BCUT2D eigenvalue weighted by Gasteiger charge is 2.09. The quantitative estimate of drug-likeness (QED) is 0.773. The van der Waals surface area contributed by atoms with Crippen LogP contribution in [0.15, 0.2) is 42.7 Å². The molecule has 5 heteroatoms. The summed E-state index contributed by atoms with van der Waals surface area (Å²) in [5.74, 6) is 1.79. The molecule has 0 aliphatic rings. The Morgan fingerprint density at radius 3 is 2.45 bits per heavy atom. The van der Waals surface area contributed by atoms with E-state index in [1.54, 1.807) is 12.4 Å². The summed E-state index contributed by atoms with van der Waals surface area (Å²) < 4.78 is 1.92. The standard InChI is InChI=1S/C15H15N5/c1-10-11(2)20(9-17-10)14-8-13(16)18-15(19-14)12-6-4-3-5-7-12/h3-9H,1-2H3,(H2,16,18,19). The van der Waals surface area contributed by atoms with Gasteiger partial charge in [0.25, 0.3) is 0 Å². The Kier molecular flexibility index (Phi) is 2.95. The maximum absolute atomic E-state index is 5.91. The van der Waals surface area contributed by atoms with Crippen molar-refractivity contribution in [2.75, 3.05) is 5.73 Å². The third-order valence-corrected chi connectivity index (χ3v) is 3.26. The molecule has 0 unspecified atom stereocenters. The van der Waals surface area contributed by atoms with Crippen LogP contribution in [0.1, 0.15) is 11.4 Å². The van der Waals surface area contributed by atoms with E-state index >= 15 is 0 Å². The van der Waals surface area contributed by atoms with Crippen LogP contribution in [0.25, 0.3) is 17.2 Å². The number of nitrogen functional groups attached to an aromatic ring is 1. The van der Waals surface area contributed by atoms with Crippen LogP contribution in [-0.4, -0.2) is 19.5 Å². The Hall–Kier alpha value is -2.69. The normalized spacial score (nSPS) is 10.7. The smallest absolute Gasteiger partial charge is 0.163 e. The van der Waals surface area contributed by atoms with Crippen molar-refractivity contribution in [3.63, 3.8) is 0 Å². The molecular formula is C15H15N5. The van der Waals surface area contributed by atoms with Gasteiger partial charge in [-0.25, -0.2) is 15.0 Å². The van der Waals surface area contributed by atoms with E-state index in [1.807, 2.05) is 48.7 Å². The SMILES string of the molecule is Cc1ncn(-c2cc(N)nc(-c3ccccc3)n2)c1C. The minimum atomic E-state index is 0.444. The number of nitrogens with zero attached hydrogens (tertiary/aromatic N) is 4. The summed E-state index contributed by atoms with van der Waals surface area (Å²) >= 11 is 0. The first-order chi connectivity index (χ1) is 9.65. The number of aryl methyl sites for hydroxylation is 1. The van der Waals surface area contributed by atoms with Crippen LogP contribution >= 0.6 is 0 Å². The summed E-state index contributed by atoms with van der Waals surface area (Å²) in [6.45, 7) is 3.97. The fourth-order valence-electron chi connectivity index (χ4n) is 2.02. The number of rotatable bonds is 2. The molecule has 2 heterocycles. The minimum absolute atomic E-state index is 0.444. The zero-order valence-corrected chi connectivity index (χ0v) is 11.4. The Morgan fingerprint density at radius 1 is 1.05 bits per heavy atom. The second-order valence-corrected chi connectivity index (χ2v) is 4.63. The van der Waals surface area contributed by atoms with Gasteiger partial charge in [-0.2, -0.15) is 0 Å². The van der Waals surface area contributed by atoms with Gasteiger partial charge in [0.2, 0.25) is 0 Å². The van der Waals surface area contributed by atoms with Gasteiger partial charge in [-0.1, -0.05) is 30.3 Å². The molecule has 0 fully saturated rings. The molecule has 5 nitrogen and oxygen atoms in total. The fraction of sp³-hybridized carbons (Fsp3) is 0.133. The van der Waals surface area contributed by atoms with Gasteiger partial charge in [0.1, 0.15) is 18.0 Å². The molecule has 20 heavy (non-hydrogen) atoms. The molecule has 0 saturated carbocycles. The summed E-state index contributed by atoms with van der Waals surface area (Å²) in [7, 11) is 0. The van der Waals surface area contributed by atoms with Crippen LogP contribution in [0.3, 0.4) is 0 Å². The summed E-state index contributed by atoms with van der Waals surface area (Å²) in [6, 6.07) is 11.5. The van der Waals surface area contributed by atoms with E-state index in [1.165, 1.54) is 0 Å². The van der Waals surface area contributed by atoms with Crippen LogP contribution in [0.4, 0.5) is 5.82 Å². The van der Waals surface area contributed by atoms with Crippen molar-refractivity contribution in [2.24, 2.45) is 0 Å². The summed E-state index contributed by atoms with van der Waals surface area (Å²) in [5, 5.41) is 0. The number of benzene rings is 1. The summed E-state index contributed by atoms with van der Waals surface area (Å²) in [5.41, 5.74) is 8.87. The van der Waals surface area contributed by atoms with Gasteiger partial charge < -0.3 is 5.73 Å². The highest BCUT2D eigenvalue weighted by molar-refractivity contribution is 5.58. The first-order valence-electron chi connectivity index (χ1n) is 6.36. The molecule has 2 aromatic heterocycles. The number of imidazole rings is 1. The molecule has 0 aliphatic carbocycles. The summed E-state index contributed by atoms with van der Waals surface area (Å²) in [4.78, 5) is 13.2. The van der Waals surface area contributed by atoms with Crippen molar-refractivity contribution in [3.05, 3.63) is 54.1 Å². The molecule has 2 N–H and O–H groups in total. The zero-order chi connectivity index (χ0) is 14.1. The number of hydrogen-bond acceptors (Lipinski definition) is 4. The average Bonchev–Trinajstić information content (AvgIpc) is 2.79. The number of nitrogens with two attached hydrogens (primary N) is 1. The number of anilines is 1. The lowest BCUT2D eigenvalue weighted by molar-refractivity contribution is 0.941.